The van der Waals surface area contributed by atoms with Crippen molar-refractivity contribution in [3.8, 4) is 0 Å². The summed E-state index contributed by atoms with van der Waals surface area (Å²) >= 11 is 12.1. The number of carbonyl (C=O) groups is 3. The molecule has 0 bridgehead atoms. The van der Waals surface area contributed by atoms with Crippen molar-refractivity contribution in [2.75, 3.05) is 32.1 Å². The molecule has 1 unspecified atom stereocenters. The molecule has 1 atom stereocenters. The third kappa shape index (κ3) is 4.59. The van der Waals surface area contributed by atoms with Gasteiger partial charge in [0.15, 0.2) is 0 Å². The van der Waals surface area contributed by atoms with Gasteiger partial charge in [-0.1, -0.05) is 29.3 Å². The van der Waals surface area contributed by atoms with E-state index >= 15 is 0 Å². The maximum Gasteiger partial charge on any atom is 0.410 e. The van der Waals surface area contributed by atoms with Gasteiger partial charge in [0, 0.05) is 13.1 Å². The van der Waals surface area contributed by atoms with Gasteiger partial charge >= 0.3 is 6.09 Å². The fraction of sp³-hybridized carbons (Fsp3) is 0.471. The molecule has 0 radical (unpaired) electrons. The summed E-state index contributed by atoms with van der Waals surface area (Å²) in [5, 5.41) is 3.26. The third-order valence-corrected chi connectivity index (χ3v) is 4.83. The van der Waals surface area contributed by atoms with E-state index in [0.29, 0.717) is 41.7 Å². The molecule has 7 nitrogen and oxygen atoms in total. The highest BCUT2D eigenvalue weighted by molar-refractivity contribution is 6.39. The van der Waals surface area contributed by atoms with Crippen molar-refractivity contribution in [1.82, 2.24) is 9.80 Å². The molecule has 1 heterocycles. The first-order valence-electron chi connectivity index (χ1n) is 8.26. The summed E-state index contributed by atoms with van der Waals surface area (Å²) in [6.07, 6.45) is 0.719. The molecule has 1 aliphatic rings. The number of nitrogens with zero attached hydrogens (tertiary/aromatic N) is 2. The fourth-order valence-electron chi connectivity index (χ4n) is 2.89. The Morgan fingerprint density at radius 2 is 1.96 bits per heavy atom. The van der Waals surface area contributed by atoms with Crippen molar-refractivity contribution >= 4 is 46.8 Å². The number of methoxy groups -OCH3 is 1. The van der Waals surface area contributed by atoms with E-state index < -0.39 is 18.0 Å². The SMILES string of the molecule is CCN(CC(=O)Nc1c(Cl)cccc1Cl)C(=O)C1CCCN1C(=O)OC. The molecule has 3 amide bonds. The molecule has 2 rings (SSSR count). The predicted octanol–water partition coefficient (Wildman–Crippen LogP) is 3.01. The number of benzene rings is 1. The number of carbonyl (C=O) groups excluding carboxylic acids is 3. The van der Waals surface area contributed by atoms with Gasteiger partial charge in [0.1, 0.15) is 6.04 Å². The van der Waals surface area contributed by atoms with E-state index in [1.807, 2.05) is 0 Å². The van der Waals surface area contributed by atoms with Crippen LogP contribution in [0.2, 0.25) is 10.0 Å². The van der Waals surface area contributed by atoms with Gasteiger partial charge < -0.3 is 15.0 Å². The van der Waals surface area contributed by atoms with Gasteiger partial charge in [-0.2, -0.15) is 0 Å². The summed E-state index contributed by atoms with van der Waals surface area (Å²) in [5.74, 6) is -0.700. The van der Waals surface area contributed by atoms with Crippen LogP contribution < -0.4 is 5.32 Å². The van der Waals surface area contributed by atoms with E-state index in [9.17, 15) is 14.4 Å². The van der Waals surface area contributed by atoms with E-state index in [2.05, 4.69) is 5.32 Å². The number of hydrogen-bond acceptors (Lipinski definition) is 4. The number of anilines is 1. The van der Waals surface area contributed by atoms with Gasteiger partial charge in [0.25, 0.3) is 0 Å². The highest BCUT2D eigenvalue weighted by atomic mass is 35.5. The third-order valence-electron chi connectivity index (χ3n) is 4.20. The summed E-state index contributed by atoms with van der Waals surface area (Å²) in [4.78, 5) is 39.7. The molecular weight excluding hydrogens is 381 g/mol. The van der Waals surface area contributed by atoms with E-state index in [1.54, 1.807) is 25.1 Å². The monoisotopic (exact) mass is 401 g/mol. The quantitative estimate of drug-likeness (QED) is 0.821. The molecule has 142 valence electrons. The molecule has 1 aromatic carbocycles. The van der Waals surface area contributed by atoms with Crippen LogP contribution in [0.4, 0.5) is 10.5 Å². The van der Waals surface area contributed by atoms with Crippen molar-refractivity contribution in [1.29, 1.82) is 0 Å². The van der Waals surface area contributed by atoms with Gasteiger partial charge in [0.2, 0.25) is 11.8 Å². The molecule has 0 spiro atoms. The molecule has 0 aromatic heterocycles. The molecule has 26 heavy (non-hydrogen) atoms. The topological polar surface area (TPSA) is 79.0 Å². The summed E-state index contributed by atoms with van der Waals surface area (Å²) in [7, 11) is 1.28. The minimum Gasteiger partial charge on any atom is -0.453 e. The van der Waals surface area contributed by atoms with Gasteiger partial charge in [-0.3, -0.25) is 14.5 Å². The van der Waals surface area contributed by atoms with E-state index in [4.69, 9.17) is 27.9 Å². The van der Waals surface area contributed by atoms with Crippen molar-refractivity contribution in [3.05, 3.63) is 28.2 Å². The Kier molecular flexibility index (Phi) is 7.11. The first kappa shape index (κ1) is 20.3. The first-order chi connectivity index (χ1) is 12.4. The Morgan fingerprint density at radius 1 is 1.31 bits per heavy atom. The second-order valence-corrected chi connectivity index (χ2v) is 6.63. The maximum absolute atomic E-state index is 12.8. The number of hydrogen-bond donors (Lipinski definition) is 1. The normalized spacial score (nSPS) is 16.3. The van der Waals surface area contributed by atoms with E-state index in [1.165, 1.54) is 16.9 Å². The number of para-hydroxylation sites is 1. The number of rotatable bonds is 5. The van der Waals surface area contributed by atoms with Gasteiger partial charge in [-0.05, 0) is 31.9 Å². The van der Waals surface area contributed by atoms with Crippen LogP contribution >= 0.6 is 23.2 Å². The van der Waals surface area contributed by atoms with Crippen LogP contribution in [0.5, 0.6) is 0 Å². The van der Waals surface area contributed by atoms with Crippen LogP contribution in [-0.4, -0.2) is 60.5 Å². The van der Waals surface area contributed by atoms with Crippen molar-refractivity contribution in [2.45, 2.75) is 25.8 Å². The minimum absolute atomic E-state index is 0.164. The van der Waals surface area contributed by atoms with Gasteiger partial charge in [-0.15, -0.1) is 0 Å². The summed E-state index contributed by atoms with van der Waals surface area (Å²) in [6, 6.07) is 4.28. The summed E-state index contributed by atoms with van der Waals surface area (Å²) < 4.78 is 4.72. The van der Waals surface area contributed by atoms with Crippen molar-refractivity contribution in [3.63, 3.8) is 0 Å². The lowest BCUT2D eigenvalue weighted by Crippen LogP contribution is -2.49. The number of likely N-dealkylation sites (N-methyl/N-ethyl adjacent to an activating group) is 1. The molecule has 1 aliphatic heterocycles. The lowest BCUT2D eigenvalue weighted by Gasteiger charge is -2.28. The van der Waals surface area contributed by atoms with E-state index in [0.717, 1.165) is 0 Å². The zero-order chi connectivity index (χ0) is 19.3. The van der Waals surface area contributed by atoms with Crippen LogP contribution in [0.25, 0.3) is 0 Å². The Balaban J connectivity index is 2.05. The lowest BCUT2D eigenvalue weighted by atomic mass is 10.2. The number of halogens is 2. The largest absolute Gasteiger partial charge is 0.453 e. The Bertz CT molecular complexity index is 678. The molecule has 1 saturated heterocycles. The smallest absolute Gasteiger partial charge is 0.410 e. The highest BCUT2D eigenvalue weighted by Gasteiger charge is 2.37. The number of likely N-dealkylation sites (tertiary alicyclic amines) is 1. The summed E-state index contributed by atoms with van der Waals surface area (Å²) in [5.41, 5.74) is 0.307. The highest BCUT2D eigenvalue weighted by Crippen LogP contribution is 2.29. The van der Waals surface area contributed by atoms with Gasteiger partial charge in [-0.25, -0.2) is 4.79 Å². The van der Waals surface area contributed by atoms with Crippen LogP contribution in [0, 0.1) is 0 Å². The molecule has 1 fully saturated rings. The van der Waals surface area contributed by atoms with Crippen LogP contribution in [0.15, 0.2) is 18.2 Å². The van der Waals surface area contributed by atoms with Crippen LogP contribution in [-0.2, 0) is 14.3 Å². The average Bonchev–Trinajstić information content (AvgIpc) is 3.11. The fourth-order valence-corrected chi connectivity index (χ4v) is 3.38. The molecule has 9 heteroatoms. The average molecular weight is 402 g/mol. The number of nitrogens with one attached hydrogen (secondary N) is 1. The first-order valence-corrected chi connectivity index (χ1v) is 9.01. The number of ether oxygens (including phenoxy) is 1. The van der Waals surface area contributed by atoms with Crippen LogP contribution in [0.1, 0.15) is 19.8 Å². The Morgan fingerprint density at radius 3 is 2.54 bits per heavy atom. The second kappa shape index (κ2) is 9.09. The van der Waals surface area contributed by atoms with E-state index in [-0.39, 0.29) is 12.5 Å². The molecule has 0 saturated carbocycles. The standard InChI is InChI=1S/C17H21Cl2N3O4/c1-3-21(16(24)13-8-5-9-22(13)17(25)26-2)10-14(23)20-15-11(18)6-4-7-12(15)19/h4,6-7,13H,3,5,8-10H2,1-2H3,(H,20,23). The molecule has 0 aliphatic carbocycles. The zero-order valence-corrected chi connectivity index (χ0v) is 16.1. The van der Waals surface area contributed by atoms with Gasteiger partial charge in [0.05, 0.1) is 29.4 Å². The Labute approximate surface area is 162 Å². The maximum atomic E-state index is 12.8. The van der Waals surface area contributed by atoms with Crippen molar-refractivity contribution < 1.29 is 19.1 Å². The predicted molar refractivity (Wildman–Crippen MR) is 99.5 cm³/mol. The Hall–Kier alpha value is -1.99. The molecule has 1 aromatic rings. The van der Waals surface area contributed by atoms with Crippen LogP contribution in [0.3, 0.4) is 0 Å². The molecular formula is C17H21Cl2N3O4. The summed E-state index contributed by atoms with van der Waals surface area (Å²) in [6.45, 7) is 2.39. The molecule has 1 N–H and O–H groups in total. The lowest BCUT2D eigenvalue weighted by molar-refractivity contribution is -0.138. The number of amides is 3. The zero-order valence-electron chi connectivity index (χ0n) is 14.6. The van der Waals surface area contributed by atoms with Crippen molar-refractivity contribution in [2.24, 2.45) is 0 Å². The minimum atomic E-state index is -0.612. The second-order valence-electron chi connectivity index (χ2n) is 5.82.